The third-order valence-corrected chi connectivity index (χ3v) is 2.42. The molecule has 1 aromatic rings. The Morgan fingerprint density at radius 3 is 2.91 bits per heavy atom. The van der Waals surface area contributed by atoms with Crippen LogP contribution in [0.4, 0.5) is 0 Å². The van der Waals surface area contributed by atoms with Crippen molar-refractivity contribution >= 4 is 35.3 Å². The number of hydrogen-bond acceptors (Lipinski definition) is 3. The molecule has 0 aliphatic rings. The zero-order valence-electron chi connectivity index (χ0n) is 6.04. The molecule has 2 nitrogen and oxygen atoms in total. The topological polar surface area (TPSA) is 22.1 Å². The second kappa shape index (κ2) is 5.77. The minimum Gasteiger partial charge on any atom is -0.378 e. The lowest BCUT2D eigenvalue weighted by Crippen LogP contribution is -1.82. The first-order chi connectivity index (χ1) is 4.86. The van der Waals surface area contributed by atoms with Gasteiger partial charge in [0.2, 0.25) is 0 Å². The highest BCUT2D eigenvalue weighted by atomic mass is 35.5. The first-order valence-corrected chi connectivity index (χ1v) is 4.20. The van der Waals surface area contributed by atoms with Crippen LogP contribution in [-0.2, 0) is 17.2 Å². The van der Waals surface area contributed by atoms with Crippen LogP contribution in [0.5, 0.6) is 0 Å². The Labute approximate surface area is 81.0 Å². The number of rotatable bonds is 3. The molecule has 1 aromatic heterocycles. The third-order valence-electron chi connectivity index (χ3n) is 1.00. The highest BCUT2D eigenvalue weighted by Gasteiger charge is 1.98. The molecule has 1 rings (SSSR count). The van der Waals surface area contributed by atoms with Crippen molar-refractivity contribution in [3.63, 3.8) is 0 Å². The average molecular weight is 214 g/mol. The molecule has 64 valence electrons. The Hall–Kier alpha value is 0.170. The highest BCUT2D eigenvalue weighted by molar-refractivity contribution is 7.11. The lowest BCUT2D eigenvalue weighted by atomic mass is 10.6. The lowest BCUT2D eigenvalue weighted by molar-refractivity contribution is 0.184. The first-order valence-electron chi connectivity index (χ1n) is 2.85. The predicted octanol–water partition coefficient (Wildman–Crippen LogP) is 2.45. The van der Waals surface area contributed by atoms with Crippen LogP contribution in [0.15, 0.2) is 6.20 Å². The summed E-state index contributed by atoms with van der Waals surface area (Å²) in [5.41, 5.74) is 0. The molecule has 0 atom stereocenters. The molecule has 11 heavy (non-hydrogen) atoms. The number of nitrogens with zero attached hydrogens (tertiary/aromatic N) is 1. The van der Waals surface area contributed by atoms with Crippen molar-refractivity contribution in [2.45, 2.75) is 12.5 Å². The minimum atomic E-state index is 0. The molecule has 5 heteroatoms. The van der Waals surface area contributed by atoms with E-state index in [1.807, 2.05) is 0 Å². The fourth-order valence-corrected chi connectivity index (χ4v) is 1.58. The van der Waals surface area contributed by atoms with E-state index in [1.54, 1.807) is 24.6 Å². The van der Waals surface area contributed by atoms with Crippen LogP contribution in [0.1, 0.15) is 9.88 Å². The molecule has 0 bridgehead atoms. The van der Waals surface area contributed by atoms with Crippen LogP contribution >= 0.6 is 35.3 Å². The van der Waals surface area contributed by atoms with Gasteiger partial charge >= 0.3 is 0 Å². The number of aromatic nitrogens is 1. The van der Waals surface area contributed by atoms with Gasteiger partial charge < -0.3 is 4.74 Å². The largest absolute Gasteiger partial charge is 0.378 e. The van der Waals surface area contributed by atoms with E-state index in [1.165, 1.54) is 0 Å². The molecular formula is C6H9Cl2NOS. The molecule has 0 N–H and O–H groups in total. The number of methoxy groups -OCH3 is 1. The lowest BCUT2D eigenvalue weighted by Gasteiger charge is -1.88. The van der Waals surface area contributed by atoms with E-state index < -0.39 is 0 Å². The number of alkyl halides is 1. The van der Waals surface area contributed by atoms with Crippen LogP contribution in [0.25, 0.3) is 0 Å². The maximum Gasteiger partial charge on any atom is 0.119 e. The molecule has 0 spiro atoms. The maximum absolute atomic E-state index is 5.57. The van der Waals surface area contributed by atoms with Gasteiger partial charge in [0.1, 0.15) is 5.01 Å². The summed E-state index contributed by atoms with van der Waals surface area (Å²) in [7, 11) is 1.65. The van der Waals surface area contributed by atoms with Crippen LogP contribution in [0.2, 0.25) is 0 Å². The van der Waals surface area contributed by atoms with Crippen LogP contribution in [0.3, 0.4) is 0 Å². The molecular weight excluding hydrogens is 205 g/mol. The van der Waals surface area contributed by atoms with Crippen molar-refractivity contribution in [3.8, 4) is 0 Å². The van der Waals surface area contributed by atoms with Gasteiger partial charge in [-0.1, -0.05) is 0 Å². The fourth-order valence-electron chi connectivity index (χ4n) is 0.600. The molecule has 0 aliphatic heterocycles. The third kappa shape index (κ3) is 3.38. The SMILES string of the molecule is COCc1ncc(CCl)s1.Cl. The molecule has 0 fully saturated rings. The number of thiazole rings is 1. The Balaban J connectivity index is 0.000001000. The normalized spacial score (nSPS) is 9.27. The quantitative estimate of drug-likeness (QED) is 0.721. The monoisotopic (exact) mass is 213 g/mol. The van der Waals surface area contributed by atoms with Gasteiger partial charge in [-0.3, -0.25) is 0 Å². The summed E-state index contributed by atoms with van der Waals surface area (Å²) in [4.78, 5) is 5.18. The van der Waals surface area contributed by atoms with Crippen LogP contribution < -0.4 is 0 Å². The number of halogens is 2. The van der Waals surface area contributed by atoms with Crippen molar-refractivity contribution in [2.24, 2.45) is 0 Å². The summed E-state index contributed by atoms with van der Waals surface area (Å²) in [6.07, 6.45) is 1.78. The van der Waals surface area contributed by atoms with E-state index in [4.69, 9.17) is 16.3 Å². The van der Waals surface area contributed by atoms with Gasteiger partial charge in [-0.25, -0.2) is 4.98 Å². The summed E-state index contributed by atoms with van der Waals surface area (Å²) >= 11 is 7.16. The molecule has 0 aliphatic carbocycles. The summed E-state index contributed by atoms with van der Waals surface area (Å²) in [5.74, 6) is 0.543. The van der Waals surface area contributed by atoms with Gasteiger partial charge in [0.15, 0.2) is 0 Å². The summed E-state index contributed by atoms with van der Waals surface area (Å²) in [5, 5.41) is 0.984. The zero-order chi connectivity index (χ0) is 7.40. The molecule has 0 amide bonds. The van der Waals surface area contributed by atoms with E-state index in [9.17, 15) is 0 Å². The van der Waals surface area contributed by atoms with Crippen molar-refractivity contribution in [2.75, 3.05) is 7.11 Å². The van der Waals surface area contributed by atoms with E-state index in [0.717, 1.165) is 9.88 Å². The second-order valence-electron chi connectivity index (χ2n) is 1.79. The standard InChI is InChI=1S/C6H8ClNOS.ClH/c1-9-4-6-8-3-5(2-7)10-6;/h3H,2,4H2,1H3;1H. The minimum absolute atomic E-state index is 0. The van der Waals surface area contributed by atoms with Crippen molar-refractivity contribution in [1.82, 2.24) is 4.98 Å². The Morgan fingerprint density at radius 2 is 2.45 bits per heavy atom. The van der Waals surface area contributed by atoms with Crippen molar-refractivity contribution in [1.29, 1.82) is 0 Å². The summed E-state index contributed by atoms with van der Waals surface area (Å²) in [6, 6.07) is 0. The van der Waals surface area contributed by atoms with Crippen molar-refractivity contribution < 1.29 is 4.74 Å². The fraction of sp³-hybridized carbons (Fsp3) is 0.500. The smallest absolute Gasteiger partial charge is 0.119 e. The molecule has 0 saturated carbocycles. The Morgan fingerprint density at radius 1 is 1.73 bits per heavy atom. The van der Waals surface area contributed by atoms with E-state index in [0.29, 0.717) is 12.5 Å². The van der Waals surface area contributed by atoms with E-state index >= 15 is 0 Å². The molecule has 0 radical (unpaired) electrons. The van der Waals surface area contributed by atoms with Gasteiger partial charge in [-0.2, -0.15) is 0 Å². The molecule has 0 aromatic carbocycles. The first kappa shape index (κ1) is 11.2. The van der Waals surface area contributed by atoms with Gasteiger partial charge in [0, 0.05) is 18.2 Å². The van der Waals surface area contributed by atoms with E-state index in [2.05, 4.69) is 4.98 Å². The van der Waals surface area contributed by atoms with Gasteiger partial charge in [0.25, 0.3) is 0 Å². The number of hydrogen-bond donors (Lipinski definition) is 0. The zero-order valence-corrected chi connectivity index (χ0v) is 8.43. The van der Waals surface area contributed by atoms with Gasteiger partial charge in [0.05, 0.1) is 12.5 Å². The van der Waals surface area contributed by atoms with Crippen molar-refractivity contribution in [3.05, 3.63) is 16.1 Å². The predicted molar refractivity (Wildman–Crippen MR) is 49.6 cm³/mol. The second-order valence-corrected chi connectivity index (χ2v) is 3.25. The average Bonchev–Trinajstić information content (AvgIpc) is 2.37. The van der Waals surface area contributed by atoms with Gasteiger partial charge in [-0.15, -0.1) is 35.3 Å². The number of ether oxygens (including phenoxy) is 1. The summed E-state index contributed by atoms with van der Waals surface area (Å²) < 4.78 is 4.89. The molecule has 0 unspecified atom stereocenters. The Kier molecular flexibility index (Phi) is 5.86. The maximum atomic E-state index is 5.57. The summed E-state index contributed by atoms with van der Waals surface area (Å²) in [6.45, 7) is 0.585. The van der Waals surface area contributed by atoms with Crippen LogP contribution in [0, 0.1) is 0 Å². The van der Waals surface area contributed by atoms with Gasteiger partial charge in [-0.05, 0) is 0 Å². The highest BCUT2D eigenvalue weighted by Crippen LogP contribution is 2.14. The van der Waals surface area contributed by atoms with Crippen LogP contribution in [-0.4, -0.2) is 12.1 Å². The Bertz CT molecular complexity index is 204. The molecule has 1 heterocycles. The molecule has 0 saturated heterocycles. The van der Waals surface area contributed by atoms with E-state index in [-0.39, 0.29) is 12.4 Å².